The molecule has 0 N–H and O–H groups in total. The Bertz CT molecular complexity index is 5100. The Hall–Kier alpha value is -11.1. The fraction of sp³-hybridized carbons (Fsp3) is 0.0250. The van der Waals surface area contributed by atoms with E-state index in [1.807, 2.05) is 60.9 Å². The van der Waals surface area contributed by atoms with Crippen molar-refractivity contribution in [1.82, 2.24) is 24.5 Å². The summed E-state index contributed by atoms with van der Waals surface area (Å²) in [5.74, 6) is 0.0663. The van der Waals surface area contributed by atoms with Crippen molar-refractivity contribution in [3.63, 3.8) is 0 Å². The number of allylic oxidation sites excluding steroid dienone is 2. The van der Waals surface area contributed by atoms with Crippen LogP contribution in [-0.4, -0.2) is 30.5 Å². The largest absolute Gasteiger partial charge is 0.333 e. The predicted molar refractivity (Wildman–Crippen MR) is 362 cm³/mol. The minimum atomic E-state index is 0.0385. The van der Waals surface area contributed by atoms with E-state index in [-0.39, 0.29) is 12.0 Å². The van der Waals surface area contributed by atoms with Crippen LogP contribution in [0.4, 0.5) is 11.4 Å². The van der Waals surface area contributed by atoms with E-state index >= 15 is 0 Å². The zero-order valence-electron chi connectivity index (χ0n) is 47.1. The number of hydrogen-bond donors (Lipinski definition) is 0. The van der Waals surface area contributed by atoms with Crippen LogP contribution in [0.15, 0.2) is 304 Å². The van der Waals surface area contributed by atoms with Gasteiger partial charge in [-0.1, -0.05) is 158 Å². The first-order chi connectivity index (χ1) is 43.1. The average molecular weight is 1130 g/mol. The van der Waals surface area contributed by atoms with Gasteiger partial charge in [0.2, 0.25) is 0 Å². The minimum absolute atomic E-state index is 0.0385. The molecule has 17 rings (SSSR count). The van der Waals surface area contributed by atoms with E-state index in [1.54, 1.807) is 0 Å². The normalized spacial score (nSPS) is 14.4. The summed E-state index contributed by atoms with van der Waals surface area (Å²) in [6, 6.07) is 86.1. The highest BCUT2D eigenvalue weighted by molar-refractivity contribution is 7.25. The SMILES string of the molecule is C1=CC2C(C=C1c1cncc(-c3ccccc3)c1)c1cc(-c3cncc(-c4ccccc4)c3)ccc1N2c1ccc2sc3ccc(-n4c5ccc(-c6cncc(-c7ccccc7)c6)cc5c5cc(-c6cncc(-c7ccccc7)c6)ccc54)cc3c2c1. The Morgan fingerprint density at radius 3 is 1.20 bits per heavy atom. The molecule has 2 atom stereocenters. The smallest absolute Gasteiger partial charge is 0.0630 e. The van der Waals surface area contributed by atoms with Gasteiger partial charge in [-0.25, -0.2) is 0 Å². The molecule has 7 heteroatoms. The number of rotatable bonds is 10. The van der Waals surface area contributed by atoms with Gasteiger partial charge >= 0.3 is 0 Å². The molecule has 0 bridgehead atoms. The highest BCUT2D eigenvalue weighted by atomic mass is 32.1. The van der Waals surface area contributed by atoms with Gasteiger partial charge in [-0.05, 0) is 147 Å². The van der Waals surface area contributed by atoms with Gasteiger partial charge in [0, 0.05) is 148 Å². The molecular formula is C80H52N6S. The second-order valence-electron chi connectivity index (χ2n) is 22.7. The molecule has 6 nitrogen and oxygen atoms in total. The summed E-state index contributed by atoms with van der Waals surface area (Å²) in [5.41, 5.74) is 24.8. The van der Waals surface area contributed by atoms with Crippen LogP contribution in [0.5, 0.6) is 0 Å². The molecule has 1 aliphatic heterocycles. The third kappa shape index (κ3) is 8.94. The summed E-state index contributed by atoms with van der Waals surface area (Å²) >= 11 is 1.85. The molecule has 1 aliphatic carbocycles. The van der Waals surface area contributed by atoms with Crippen LogP contribution in [-0.2, 0) is 0 Å². The molecule has 0 saturated heterocycles. The average Bonchev–Trinajstić information content (AvgIpc) is 3.68. The zero-order valence-corrected chi connectivity index (χ0v) is 47.9. The van der Waals surface area contributed by atoms with Crippen LogP contribution in [0, 0.1) is 0 Å². The maximum atomic E-state index is 4.77. The van der Waals surface area contributed by atoms with E-state index in [2.05, 4.69) is 264 Å². The second-order valence-corrected chi connectivity index (χ2v) is 23.8. The van der Waals surface area contributed by atoms with E-state index < -0.39 is 0 Å². The van der Waals surface area contributed by atoms with Crippen LogP contribution in [0.1, 0.15) is 17.0 Å². The third-order valence-electron chi connectivity index (χ3n) is 17.6. The lowest BCUT2D eigenvalue weighted by molar-refractivity contribution is 0.747. The molecule has 0 saturated carbocycles. The van der Waals surface area contributed by atoms with E-state index in [1.165, 1.54) is 47.8 Å². The fourth-order valence-corrected chi connectivity index (χ4v) is 14.4. The molecule has 7 heterocycles. The molecule has 15 aromatic rings. The first-order valence-corrected chi connectivity index (χ1v) is 30.3. The maximum Gasteiger partial charge on any atom is 0.0630 e. The highest BCUT2D eigenvalue weighted by Gasteiger charge is 2.39. The zero-order chi connectivity index (χ0) is 57.4. The molecule has 9 aromatic carbocycles. The van der Waals surface area contributed by atoms with Crippen molar-refractivity contribution in [2.24, 2.45) is 0 Å². The first-order valence-electron chi connectivity index (χ1n) is 29.5. The van der Waals surface area contributed by atoms with Crippen molar-refractivity contribution < 1.29 is 0 Å². The van der Waals surface area contributed by atoms with Crippen molar-refractivity contribution in [3.05, 3.63) is 316 Å². The lowest BCUT2D eigenvalue weighted by Crippen LogP contribution is -2.28. The molecule has 0 fully saturated rings. The molecule has 0 radical (unpaired) electrons. The monoisotopic (exact) mass is 1130 g/mol. The lowest BCUT2D eigenvalue weighted by atomic mass is 9.85. The van der Waals surface area contributed by atoms with Gasteiger partial charge < -0.3 is 9.47 Å². The molecule has 0 spiro atoms. The van der Waals surface area contributed by atoms with E-state index in [0.717, 1.165) is 106 Å². The molecule has 6 aromatic heterocycles. The van der Waals surface area contributed by atoms with Gasteiger partial charge in [0.25, 0.3) is 0 Å². The quantitative estimate of drug-likeness (QED) is 0.137. The molecule has 2 aliphatic rings. The van der Waals surface area contributed by atoms with Crippen LogP contribution in [0.3, 0.4) is 0 Å². The number of fused-ring (bicyclic) bond motifs is 9. The van der Waals surface area contributed by atoms with Crippen LogP contribution in [0.25, 0.3) is 131 Å². The van der Waals surface area contributed by atoms with Crippen molar-refractivity contribution in [1.29, 1.82) is 0 Å². The van der Waals surface area contributed by atoms with Gasteiger partial charge in [-0.3, -0.25) is 19.9 Å². The van der Waals surface area contributed by atoms with E-state index in [9.17, 15) is 0 Å². The Labute approximate surface area is 507 Å². The Kier molecular flexibility index (Phi) is 12.1. The highest BCUT2D eigenvalue weighted by Crippen LogP contribution is 2.52. The molecular weight excluding hydrogens is 1080 g/mol. The Balaban J connectivity index is 0.790. The Morgan fingerprint density at radius 2 is 0.713 bits per heavy atom. The summed E-state index contributed by atoms with van der Waals surface area (Å²) < 4.78 is 4.96. The fourth-order valence-electron chi connectivity index (χ4n) is 13.3. The maximum absolute atomic E-state index is 4.77. The summed E-state index contributed by atoms with van der Waals surface area (Å²) in [5, 5.41) is 4.81. The summed E-state index contributed by atoms with van der Waals surface area (Å²) in [7, 11) is 0. The van der Waals surface area contributed by atoms with Gasteiger partial charge in [-0.2, -0.15) is 0 Å². The number of anilines is 2. The van der Waals surface area contributed by atoms with Crippen molar-refractivity contribution in [2.45, 2.75) is 12.0 Å². The summed E-state index contributed by atoms with van der Waals surface area (Å²) in [6.45, 7) is 0. The van der Waals surface area contributed by atoms with Crippen molar-refractivity contribution in [3.8, 4) is 83.6 Å². The topological polar surface area (TPSA) is 59.7 Å². The van der Waals surface area contributed by atoms with Crippen molar-refractivity contribution >= 4 is 70.3 Å². The van der Waals surface area contributed by atoms with Crippen molar-refractivity contribution in [2.75, 3.05) is 4.90 Å². The third-order valence-corrected chi connectivity index (χ3v) is 18.7. The standard InChI is InChI=1S/C80H52N6S/c1-5-13-51(14-6-1)59-33-63(47-81-43-59)55-21-27-75-69(37-55)70-38-56(64-34-60(44-82-48-64)52-15-7-2-8-16-52)22-28-76(70)85(75)67-25-31-79-73(41-67)74-42-68(26-32-80(74)87-79)86-77-29-23-57(65-35-61(45-83-49-65)53-17-9-3-10-18-53)39-71(77)72-40-58(24-30-78(72)86)66-36-62(46-84-50-66)54-19-11-4-12-20-54/h1-50,69,75H. The molecule has 87 heavy (non-hydrogen) atoms. The van der Waals surface area contributed by atoms with Gasteiger partial charge in [0.1, 0.15) is 0 Å². The summed E-state index contributed by atoms with van der Waals surface area (Å²) in [4.78, 5) is 21.6. The van der Waals surface area contributed by atoms with Gasteiger partial charge in [0.15, 0.2) is 0 Å². The Morgan fingerprint density at radius 1 is 0.310 bits per heavy atom. The second kappa shape index (κ2) is 20.9. The number of aromatic nitrogens is 5. The number of hydrogen-bond acceptors (Lipinski definition) is 6. The van der Waals surface area contributed by atoms with Crippen LogP contribution in [0.2, 0.25) is 0 Å². The van der Waals surface area contributed by atoms with Gasteiger partial charge in [0.05, 0.1) is 17.1 Å². The molecule has 408 valence electrons. The van der Waals surface area contributed by atoms with E-state index in [0.29, 0.717) is 0 Å². The number of nitrogens with zero attached hydrogens (tertiary/aromatic N) is 6. The van der Waals surface area contributed by atoms with Gasteiger partial charge in [-0.15, -0.1) is 11.3 Å². The molecule has 0 amide bonds. The summed E-state index contributed by atoms with van der Waals surface area (Å²) in [6.07, 6.45) is 23.0. The van der Waals surface area contributed by atoms with E-state index in [4.69, 9.17) is 19.9 Å². The lowest BCUT2D eigenvalue weighted by Gasteiger charge is -2.30. The number of pyridine rings is 4. The minimum Gasteiger partial charge on any atom is -0.333 e. The molecule has 2 unspecified atom stereocenters. The van der Waals surface area contributed by atoms with Crippen LogP contribution < -0.4 is 4.90 Å². The van der Waals surface area contributed by atoms with Crippen LogP contribution >= 0.6 is 11.3 Å². The number of thiophene rings is 1. The first kappa shape index (κ1) is 50.4. The predicted octanol–water partition coefficient (Wildman–Crippen LogP) is 20.7. The number of benzene rings is 9.